The number of aromatic nitrogens is 2. The van der Waals surface area contributed by atoms with Crippen molar-refractivity contribution in [3.8, 4) is 22.9 Å². The van der Waals surface area contributed by atoms with Crippen molar-refractivity contribution in [3.05, 3.63) is 81.5 Å². The summed E-state index contributed by atoms with van der Waals surface area (Å²) in [4.78, 5) is 19.1. The fourth-order valence-electron chi connectivity index (χ4n) is 3.19. The van der Waals surface area contributed by atoms with Crippen LogP contribution >= 0.6 is 0 Å². The van der Waals surface area contributed by atoms with Crippen LogP contribution in [-0.2, 0) is 5.41 Å². The fraction of sp³-hybridized carbons (Fsp3) is 0.208. The van der Waals surface area contributed by atoms with E-state index in [2.05, 4.69) is 36.8 Å². The van der Waals surface area contributed by atoms with Crippen molar-refractivity contribution in [2.45, 2.75) is 26.2 Å². The van der Waals surface area contributed by atoms with Crippen LogP contribution in [0.2, 0.25) is 0 Å². The molecule has 0 fully saturated rings. The zero-order valence-electron chi connectivity index (χ0n) is 17.0. The van der Waals surface area contributed by atoms with Gasteiger partial charge in [-0.05, 0) is 46.9 Å². The van der Waals surface area contributed by atoms with Crippen LogP contribution in [0.3, 0.4) is 0 Å². The Kier molecular flexibility index (Phi) is 5.65. The second kappa shape index (κ2) is 8.15. The van der Waals surface area contributed by atoms with Crippen molar-refractivity contribution in [1.82, 2.24) is 9.97 Å². The number of hydrogen-bond acceptors (Lipinski definition) is 4. The molecule has 0 unspecified atom stereocenters. The molecule has 3 rings (SSSR count). The van der Waals surface area contributed by atoms with E-state index in [4.69, 9.17) is 4.74 Å². The molecule has 0 bridgehead atoms. The first-order chi connectivity index (χ1) is 13.8. The van der Waals surface area contributed by atoms with Gasteiger partial charge in [-0.15, -0.1) is 0 Å². The highest BCUT2D eigenvalue weighted by molar-refractivity contribution is 5.79. The zero-order chi connectivity index (χ0) is 21.0. The normalized spacial score (nSPS) is 11.4. The summed E-state index contributed by atoms with van der Waals surface area (Å²) >= 11 is 0. The molecule has 146 valence electrons. The number of H-pyrrole nitrogens is 1. The van der Waals surface area contributed by atoms with Crippen molar-refractivity contribution >= 4 is 12.2 Å². The maximum Gasteiger partial charge on any atom is 0.255 e. The van der Waals surface area contributed by atoms with E-state index in [9.17, 15) is 10.1 Å². The van der Waals surface area contributed by atoms with Crippen LogP contribution in [0.1, 0.15) is 43.0 Å². The minimum absolute atomic E-state index is 0.145. The molecular weight excluding hydrogens is 362 g/mol. The number of nitrogens with one attached hydrogen (secondary N) is 1. The van der Waals surface area contributed by atoms with Gasteiger partial charge in [0.05, 0.1) is 12.7 Å². The summed E-state index contributed by atoms with van der Waals surface area (Å²) in [5.74, 6) is 0.748. The largest absolute Gasteiger partial charge is 0.496 e. The molecular formula is C24H23N3O2. The first kappa shape index (κ1) is 20.1. The summed E-state index contributed by atoms with van der Waals surface area (Å²) in [5, 5.41) is 9.30. The maximum absolute atomic E-state index is 12.4. The Labute approximate surface area is 170 Å². The average Bonchev–Trinajstić information content (AvgIpc) is 2.71. The molecule has 0 aliphatic carbocycles. The predicted molar refractivity (Wildman–Crippen MR) is 116 cm³/mol. The number of aromatic amines is 1. The van der Waals surface area contributed by atoms with Gasteiger partial charge in [-0.1, -0.05) is 32.9 Å². The van der Waals surface area contributed by atoms with Crippen LogP contribution in [-0.4, -0.2) is 17.1 Å². The van der Waals surface area contributed by atoms with Gasteiger partial charge in [0.15, 0.2) is 0 Å². The van der Waals surface area contributed by atoms with Crippen LogP contribution in [0.5, 0.6) is 5.75 Å². The topological polar surface area (TPSA) is 78.8 Å². The monoisotopic (exact) mass is 385 g/mol. The lowest BCUT2D eigenvalue weighted by Gasteiger charge is -2.24. The second-order valence-electron chi connectivity index (χ2n) is 7.72. The Morgan fingerprint density at radius 1 is 1.17 bits per heavy atom. The Morgan fingerprint density at radius 2 is 1.93 bits per heavy atom. The minimum Gasteiger partial charge on any atom is -0.496 e. The average molecular weight is 385 g/mol. The molecule has 5 heteroatoms. The van der Waals surface area contributed by atoms with Gasteiger partial charge < -0.3 is 9.72 Å². The van der Waals surface area contributed by atoms with Crippen LogP contribution in [0.15, 0.2) is 53.7 Å². The summed E-state index contributed by atoms with van der Waals surface area (Å²) < 4.78 is 5.75. The zero-order valence-corrected chi connectivity index (χ0v) is 17.0. The minimum atomic E-state index is -0.194. The van der Waals surface area contributed by atoms with E-state index in [0.717, 1.165) is 28.0 Å². The summed E-state index contributed by atoms with van der Waals surface area (Å²) in [6.45, 7) is 6.32. The third-order valence-corrected chi connectivity index (χ3v) is 4.68. The maximum atomic E-state index is 12.4. The van der Waals surface area contributed by atoms with Crippen LogP contribution in [0.25, 0.3) is 23.3 Å². The smallest absolute Gasteiger partial charge is 0.255 e. The standard InChI is InChI=1S/C24H23N3O2/c1-24(2,3)21-13-18(20-6-5-10-27-23(20)28)12-17(22(21)29-4)8-7-16-9-11-26-15-19(16)14-25/h5-13,15H,1-4H3,(H,27,28)/b8-7+. The molecule has 1 N–H and O–H groups in total. The van der Waals surface area contributed by atoms with Gasteiger partial charge >= 0.3 is 0 Å². The Morgan fingerprint density at radius 3 is 2.59 bits per heavy atom. The number of nitrogens with zero attached hydrogens (tertiary/aromatic N) is 2. The number of benzene rings is 1. The van der Waals surface area contributed by atoms with Crippen molar-refractivity contribution < 1.29 is 4.74 Å². The van der Waals surface area contributed by atoms with Crippen LogP contribution in [0, 0.1) is 11.3 Å². The summed E-state index contributed by atoms with van der Waals surface area (Å²) in [5.41, 5.74) is 4.16. The Balaban J connectivity index is 2.23. The molecule has 0 aliphatic rings. The SMILES string of the molecule is COc1c(/C=C/c2ccncc2C#N)cc(-c2ccc[nH]c2=O)cc1C(C)(C)C. The summed E-state index contributed by atoms with van der Waals surface area (Å²) in [6, 6.07) is 11.5. The van der Waals surface area contributed by atoms with Crippen molar-refractivity contribution in [2.75, 3.05) is 7.11 Å². The van der Waals surface area contributed by atoms with E-state index >= 15 is 0 Å². The number of nitriles is 1. The molecule has 0 spiro atoms. The van der Waals surface area contributed by atoms with E-state index in [1.807, 2.05) is 30.4 Å². The first-order valence-electron chi connectivity index (χ1n) is 9.28. The molecule has 29 heavy (non-hydrogen) atoms. The number of ether oxygens (including phenoxy) is 1. The number of pyridine rings is 2. The van der Waals surface area contributed by atoms with E-state index in [0.29, 0.717) is 11.1 Å². The third-order valence-electron chi connectivity index (χ3n) is 4.68. The van der Waals surface area contributed by atoms with Gasteiger partial charge in [-0.3, -0.25) is 9.78 Å². The number of methoxy groups -OCH3 is 1. The van der Waals surface area contributed by atoms with E-state index < -0.39 is 0 Å². The van der Waals surface area contributed by atoms with Gasteiger partial charge in [-0.25, -0.2) is 0 Å². The fourth-order valence-corrected chi connectivity index (χ4v) is 3.19. The van der Waals surface area contributed by atoms with Gasteiger partial charge in [0, 0.05) is 35.3 Å². The highest BCUT2D eigenvalue weighted by Crippen LogP contribution is 2.38. The van der Waals surface area contributed by atoms with Gasteiger partial charge in [-0.2, -0.15) is 5.26 Å². The second-order valence-corrected chi connectivity index (χ2v) is 7.72. The lowest BCUT2D eigenvalue weighted by atomic mass is 9.83. The molecule has 2 heterocycles. The van der Waals surface area contributed by atoms with Gasteiger partial charge in [0.2, 0.25) is 0 Å². The van der Waals surface area contributed by atoms with Gasteiger partial charge in [0.1, 0.15) is 11.8 Å². The lowest BCUT2D eigenvalue weighted by molar-refractivity contribution is 0.397. The van der Waals surface area contributed by atoms with Gasteiger partial charge in [0.25, 0.3) is 5.56 Å². The predicted octanol–water partition coefficient (Wildman–Crippen LogP) is 4.79. The molecule has 3 aromatic rings. The van der Waals surface area contributed by atoms with Crippen LogP contribution in [0.4, 0.5) is 0 Å². The van der Waals surface area contributed by atoms with E-state index in [1.165, 1.54) is 6.20 Å². The molecule has 2 aromatic heterocycles. The molecule has 0 atom stereocenters. The van der Waals surface area contributed by atoms with Crippen molar-refractivity contribution in [1.29, 1.82) is 5.26 Å². The Hall–Kier alpha value is -3.65. The number of hydrogen-bond donors (Lipinski definition) is 1. The first-order valence-corrected chi connectivity index (χ1v) is 9.28. The Bertz CT molecular complexity index is 1160. The van der Waals surface area contributed by atoms with E-state index in [1.54, 1.807) is 31.6 Å². The van der Waals surface area contributed by atoms with E-state index in [-0.39, 0.29) is 11.0 Å². The molecule has 0 amide bonds. The molecule has 1 aromatic carbocycles. The highest BCUT2D eigenvalue weighted by atomic mass is 16.5. The molecule has 5 nitrogen and oxygen atoms in total. The van der Waals surface area contributed by atoms with Crippen LogP contribution < -0.4 is 10.3 Å². The third kappa shape index (κ3) is 4.27. The molecule has 0 saturated heterocycles. The molecule has 0 saturated carbocycles. The quantitative estimate of drug-likeness (QED) is 0.701. The summed E-state index contributed by atoms with van der Waals surface area (Å²) in [7, 11) is 1.64. The summed E-state index contributed by atoms with van der Waals surface area (Å²) in [6.07, 6.45) is 8.58. The van der Waals surface area contributed by atoms with Crippen molar-refractivity contribution in [2.24, 2.45) is 0 Å². The number of rotatable bonds is 4. The lowest BCUT2D eigenvalue weighted by Crippen LogP contribution is -2.15. The molecule has 0 radical (unpaired) electrons. The highest BCUT2D eigenvalue weighted by Gasteiger charge is 2.22. The molecule has 0 aliphatic heterocycles. The van der Waals surface area contributed by atoms with Crippen molar-refractivity contribution in [3.63, 3.8) is 0 Å².